The number of Topliss-reactive ketones (excluding diaryl/α,β-unsaturated/α-hetero) is 2. The van der Waals surface area contributed by atoms with Crippen LogP contribution in [0.5, 0.6) is 0 Å². The molecule has 1 rings (SSSR count). The number of carbonyl (C=O) groups is 5. The number of esters is 1. The highest BCUT2D eigenvalue weighted by Crippen LogP contribution is 2.21. The third-order valence-electron chi connectivity index (χ3n) is 6.03. The molecule has 0 aliphatic carbocycles. The van der Waals surface area contributed by atoms with Crippen LogP contribution in [0.3, 0.4) is 0 Å². The van der Waals surface area contributed by atoms with Crippen molar-refractivity contribution in [2.24, 2.45) is 17.3 Å². The Morgan fingerprint density at radius 1 is 0.892 bits per heavy atom. The molecule has 0 aliphatic heterocycles. The van der Waals surface area contributed by atoms with Crippen LogP contribution in [0.4, 0.5) is 5.69 Å². The molecule has 0 saturated carbocycles. The van der Waals surface area contributed by atoms with E-state index < -0.39 is 12.0 Å². The zero-order chi connectivity index (χ0) is 28.2. The van der Waals surface area contributed by atoms with Crippen LogP contribution in [0.25, 0.3) is 0 Å². The summed E-state index contributed by atoms with van der Waals surface area (Å²) in [6.07, 6.45) is 2.30. The van der Waals surface area contributed by atoms with Gasteiger partial charge >= 0.3 is 5.97 Å². The summed E-state index contributed by atoms with van der Waals surface area (Å²) in [4.78, 5) is 60.7. The lowest BCUT2D eigenvalue weighted by Gasteiger charge is -2.22. The highest BCUT2D eigenvalue weighted by molar-refractivity contribution is 5.97. The van der Waals surface area contributed by atoms with Crippen LogP contribution < -0.4 is 10.6 Å². The SMILES string of the molecule is CC(=O)CCCC(=O)C[C@H](C(=O)N[C@@H](C)C(=O)Nc1ccc(COC(=O)CCC(C)(C)C)cc1)C(C)C. The number of rotatable bonds is 15. The highest BCUT2D eigenvalue weighted by atomic mass is 16.5. The van der Waals surface area contributed by atoms with Crippen LogP contribution in [0, 0.1) is 17.3 Å². The Labute approximate surface area is 221 Å². The van der Waals surface area contributed by atoms with Crippen molar-refractivity contribution in [2.75, 3.05) is 5.32 Å². The van der Waals surface area contributed by atoms with Gasteiger partial charge in [-0.3, -0.25) is 19.2 Å². The van der Waals surface area contributed by atoms with E-state index in [1.807, 2.05) is 13.8 Å². The van der Waals surface area contributed by atoms with E-state index in [4.69, 9.17) is 4.74 Å². The van der Waals surface area contributed by atoms with E-state index in [0.29, 0.717) is 24.9 Å². The lowest BCUT2D eigenvalue weighted by atomic mass is 9.88. The molecule has 0 aliphatic rings. The van der Waals surface area contributed by atoms with E-state index in [1.54, 1.807) is 31.2 Å². The average Bonchev–Trinajstić information content (AvgIpc) is 2.79. The fourth-order valence-electron chi connectivity index (χ4n) is 3.55. The van der Waals surface area contributed by atoms with Crippen LogP contribution in [0.1, 0.15) is 92.6 Å². The van der Waals surface area contributed by atoms with Crippen molar-refractivity contribution in [2.45, 2.75) is 99.6 Å². The number of amides is 2. The van der Waals surface area contributed by atoms with Gasteiger partial charge in [-0.15, -0.1) is 0 Å². The maximum absolute atomic E-state index is 12.8. The van der Waals surface area contributed by atoms with Gasteiger partial charge in [0.15, 0.2) is 0 Å². The van der Waals surface area contributed by atoms with Crippen molar-refractivity contribution in [3.05, 3.63) is 29.8 Å². The zero-order valence-corrected chi connectivity index (χ0v) is 23.4. The first-order chi connectivity index (χ1) is 17.2. The van der Waals surface area contributed by atoms with E-state index in [1.165, 1.54) is 6.92 Å². The molecule has 0 fully saturated rings. The predicted octanol–water partition coefficient (Wildman–Crippen LogP) is 4.99. The van der Waals surface area contributed by atoms with Gasteiger partial charge in [-0.05, 0) is 55.7 Å². The summed E-state index contributed by atoms with van der Waals surface area (Å²) in [6, 6.07) is 6.15. The van der Waals surface area contributed by atoms with Gasteiger partial charge in [-0.2, -0.15) is 0 Å². The molecule has 8 heteroatoms. The number of hydrogen-bond donors (Lipinski definition) is 2. The first kappa shape index (κ1) is 32.0. The van der Waals surface area contributed by atoms with Gasteiger partial charge in [0.25, 0.3) is 0 Å². The number of ether oxygens (including phenoxy) is 1. The molecule has 0 saturated heterocycles. The van der Waals surface area contributed by atoms with Crippen molar-refractivity contribution >= 4 is 35.0 Å². The first-order valence-corrected chi connectivity index (χ1v) is 13.0. The summed E-state index contributed by atoms with van der Waals surface area (Å²) < 4.78 is 5.31. The second-order valence-corrected chi connectivity index (χ2v) is 11.3. The smallest absolute Gasteiger partial charge is 0.306 e. The van der Waals surface area contributed by atoms with Crippen molar-refractivity contribution in [3.8, 4) is 0 Å². The fraction of sp³-hybridized carbons (Fsp3) is 0.621. The lowest BCUT2D eigenvalue weighted by molar-refractivity contribution is -0.145. The Bertz CT molecular complexity index is 931. The first-order valence-electron chi connectivity index (χ1n) is 13.0. The Hall–Kier alpha value is -3.03. The molecular weight excluding hydrogens is 472 g/mol. The van der Waals surface area contributed by atoms with Crippen molar-refractivity contribution in [3.63, 3.8) is 0 Å². The molecule has 0 radical (unpaired) electrons. The summed E-state index contributed by atoms with van der Waals surface area (Å²) in [6.45, 7) is 13.2. The van der Waals surface area contributed by atoms with E-state index in [-0.39, 0.29) is 60.1 Å². The second-order valence-electron chi connectivity index (χ2n) is 11.3. The zero-order valence-electron chi connectivity index (χ0n) is 23.4. The molecule has 0 aromatic heterocycles. The van der Waals surface area contributed by atoms with Crippen LogP contribution in [0.2, 0.25) is 0 Å². The minimum atomic E-state index is -0.801. The van der Waals surface area contributed by atoms with E-state index in [0.717, 1.165) is 12.0 Å². The Morgan fingerprint density at radius 2 is 1.51 bits per heavy atom. The molecule has 2 atom stereocenters. The normalized spacial score (nSPS) is 13.0. The van der Waals surface area contributed by atoms with E-state index in [9.17, 15) is 24.0 Å². The molecule has 2 N–H and O–H groups in total. The summed E-state index contributed by atoms with van der Waals surface area (Å²) >= 11 is 0. The summed E-state index contributed by atoms with van der Waals surface area (Å²) in [5.41, 5.74) is 1.42. The molecule has 0 unspecified atom stereocenters. The molecule has 206 valence electrons. The number of ketones is 2. The largest absolute Gasteiger partial charge is 0.461 e. The molecule has 37 heavy (non-hydrogen) atoms. The van der Waals surface area contributed by atoms with Crippen LogP contribution in [-0.4, -0.2) is 35.4 Å². The minimum absolute atomic E-state index is 0.0375. The number of hydrogen-bond acceptors (Lipinski definition) is 6. The van der Waals surface area contributed by atoms with Crippen LogP contribution in [0.15, 0.2) is 24.3 Å². The van der Waals surface area contributed by atoms with Gasteiger partial charge in [-0.25, -0.2) is 0 Å². The molecular formula is C29H44N2O6. The monoisotopic (exact) mass is 516 g/mol. The Morgan fingerprint density at radius 3 is 2.05 bits per heavy atom. The number of nitrogens with one attached hydrogen (secondary N) is 2. The van der Waals surface area contributed by atoms with Crippen molar-refractivity contribution < 1.29 is 28.7 Å². The molecule has 0 bridgehead atoms. The van der Waals surface area contributed by atoms with Gasteiger partial charge in [0.05, 0.1) is 0 Å². The topological polar surface area (TPSA) is 119 Å². The molecule has 1 aromatic rings. The average molecular weight is 517 g/mol. The lowest BCUT2D eigenvalue weighted by Crippen LogP contribution is -2.45. The molecule has 1 aromatic carbocycles. The fourth-order valence-corrected chi connectivity index (χ4v) is 3.55. The number of benzene rings is 1. The van der Waals surface area contributed by atoms with E-state index >= 15 is 0 Å². The van der Waals surface area contributed by atoms with E-state index in [2.05, 4.69) is 31.4 Å². The van der Waals surface area contributed by atoms with Gasteiger partial charge < -0.3 is 20.2 Å². The summed E-state index contributed by atoms with van der Waals surface area (Å²) in [5.74, 6) is -1.63. The molecule has 2 amide bonds. The number of anilines is 1. The van der Waals surface area contributed by atoms with Gasteiger partial charge in [-0.1, -0.05) is 46.8 Å². The third kappa shape index (κ3) is 13.7. The molecule has 0 spiro atoms. The minimum Gasteiger partial charge on any atom is -0.461 e. The molecule has 8 nitrogen and oxygen atoms in total. The quantitative estimate of drug-likeness (QED) is 0.317. The standard InChI is InChI=1S/C29H44N2O6/c1-19(2)25(17-24(33)10-8-9-20(3)32)28(36)30-21(4)27(35)31-23-13-11-22(12-14-23)18-37-26(34)15-16-29(5,6)7/h11-14,19,21,25H,8-10,15-18H2,1-7H3,(H,30,36)(H,31,35)/t21-,25-/m0/s1. The van der Waals surface area contributed by atoms with Crippen molar-refractivity contribution in [1.82, 2.24) is 5.32 Å². The van der Waals surface area contributed by atoms with Gasteiger partial charge in [0.1, 0.15) is 24.2 Å². The predicted molar refractivity (Wildman–Crippen MR) is 144 cm³/mol. The van der Waals surface area contributed by atoms with Gasteiger partial charge in [0.2, 0.25) is 11.8 Å². The summed E-state index contributed by atoms with van der Waals surface area (Å²) in [5, 5.41) is 5.48. The summed E-state index contributed by atoms with van der Waals surface area (Å²) in [7, 11) is 0. The second kappa shape index (κ2) is 15.3. The number of carbonyl (C=O) groups excluding carboxylic acids is 5. The highest BCUT2D eigenvalue weighted by Gasteiger charge is 2.27. The van der Waals surface area contributed by atoms with Crippen LogP contribution >= 0.6 is 0 Å². The molecule has 0 heterocycles. The van der Waals surface area contributed by atoms with Crippen molar-refractivity contribution in [1.29, 1.82) is 0 Å². The Kier molecular flexibility index (Phi) is 13.2. The van der Waals surface area contributed by atoms with Gasteiger partial charge in [0, 0.05) is 37.3 Å². The maximum atomic E-state index is 12.8. The Balaban J connectivity index is 2.55. The maximum Gasteiger partial charge on any atom is 0.306 e. The van der Waals surface area contributed by atoms with Crippen LogP contribution in [-0.2, 0) is 35.3 Å². The third-order valence-corrected chi connectivity index (χ3v) is 6.03.